The lowest BCUT2D eigenvalue weighted by Gasteiger charge is -2.23. The van der Waals surface area contributed by atoms with Crippen molar-refractivity contribution in [2.24, 2.45) is 5.92 Å². The molecule has 2 aromatic carbocycles. The number of rotatable bonds is 4. The second kappa shape index (κ2) is 7.35. The van der Waals surface area contributed by atoms with Crippen molar-refractivity contribution in [1.29, 1.82) is 0 Å². The molecular formula is C21H21FN2O2S. The van der Waals surface area contributed by atoms with Gasteiger partial charge in [-0.3, -0.25) is 9.59 Å². The Balaban J connectivity index is 1.42. The molecule has 6 heteroatoms. The van der Waals surface area contributed by atoms with Gasteiger partial charge in [0.15, 0.2) is 0 Å². The van der Waals surface area contributed by atoms with Crippen LogP contribution in [0.25, 0.3) is 0 Å². The molecule has 1 N–H and O–H groups in total. The van der Waals surface area contributed by atoms with Gasteiger partial charge in [-0.05, 0) is 43.0 Å². The minimum atomic E-state index is -0.481. The van der Waals surface area contributed by atoms with Crippen molar-refractivity contribution in [2.45, 2.75) is 25.3 Å². The number of hydrogen-bond donors (Lipinski definition) is 1. The molecule has 1 heterocycles. The second-order valence-corrected chi connectivity index (χ2v) is 8.15. The Bertz CT molecular complexity index is 871. The molecule has 3 unspecified atom stereocenters. The van der Waals surface area contributed by atoms with Gasteiger partial charge in [0.1, 0.15) is 11.9 Å². The van der Waals surface area contributed by atoms with E-state index in [1.54, 1.807) is 34.9 Å². The monoisotopic (exact) mass is 384 g/mol. The lowest BCUT2D eigenvalue weighted by atomic mass is 10.1. The Morgan fingerprint density at radius 2 is 1.89 bits per heavy atom. The maximum absolute atomic E-state index is 14.0. The Labute approximate surface area is 162 Å². The first-order valence-electron chi connectivity index (χ1n) is 9.05. The molecule has 1 saturated carbocycles. The standard InChI is InChI=1S/C21H21FN2O2S/c1-13-6-8-14(9-7-13)23-20(25)19-11-27-12-24(19)21(26)17-10-16(17)15-4-2-3-5-18(15)22/h2-9,16-17,19H,10-12H2,1H3,(H,23,25). The number of carbonyl (C=O) groups is 2. The molecule has 2 aliphatic rings. The van der Waals surface area contributed by atoms with Crippen LogP contribution in [0.3, 0.4) is 0 Å². The van der Waals surface area contributed by atoms with Gasteiger partial charge in [0.25, 0.3) is 0 Å². The topological polar surface area (TPSA) is 49.4 Å². The predicted octanol–water partition coefficient (Wildman–Crippen LogP) is 3.78. The van der Waals surface area contributed by atoms with Gasteiger partial charge in [0.2, 0.25) is 11.8 Å². The van der Waals surface area contributed by atoms with Crippen LogP contribution in [0.1, 0.15) is 23.5 Å². The largest absolute Gasteiger partial charge is 0.324 e. The highest BCUT2D eigenvalue weighted by molar-refractivity contribution is 7.99. The smallest absolute Gasteiger partial charge is 0.248 e. The Kier molecular flexibility index (Phi) is 4.91. The molecule has 0 spiro atoms. The molecule has 1 saturated heterocycles. The van der Waals surface area contributed by atoms with E-state index in [2.05, 4.69) is 5.32 Å². The van der Waals surface area contributed by atoms with Crippen LogP contribution in [0.2, 0.25) is 0 Å². The van der Waals surface area contributed by atoms with E-state index in [4.69, 9.17) is 0 Å². The molecule has 27 heavy (non-hydrogen) atoms. The lowest BCUT2D eigenvalue weighted by Crippen LogP contribution is -2.45. The second-order valence-electron chi connectivity index (χ2n) is 7.15. The van der Waals surface area contributed by atoms with Gasteiger partial charge in [-0.15, -0.1) is 11.8 Å². The molecule has 4 nitrogen and oxygen atoms in total. The number of hydrogen-bond acceptors (Lipinski definition) is 3. The van der Waals surface area contributed by atoms with E-state index in [1.165, 1.54) is 6.07 Å². The average molecular weight is 384 g/mol. The van der Waals surface area contributed by atoms with Gasteiger partial charge in [-0.25, -0.2) is 4.39 Å². The summed E-state index contributed by atoms with van der Waals surface area (Å²) in [4.78, 5) is 27.3. The Morgan fingerprint density at radius 1 is 1.15 bits per heavy atom. The zero-order chi connectivity index (χ0) is 19.0. The number of amides is 2. The van der Waals surface area contributed by atoms with Gasteiger partial charge >= 0.3 is 0 Å². The third-order valence-corrected chi connectivity index (χ3v) is 6.21. The number of nitrogens with zero attached hydrogens (tertiary/aromatic N) is 1. The minimum absolute atomic E-state index is 0.0442. The van der Waals surface area contributed by atoms with Crippen LogP contribution in [0.15, 0.2) is 48.5 Å². The van der Waals surface area contributed by atoms with Crippen LogP contribution in [-0.2, 0) is 9.59 Å². The van der Waals surface area contributed by atoms with Gasteiger partial charge in [-0.1, -0.05) is 35.9 Å². The van der Waals surface area contributed by atoms with E-state index >= 15 is 0 Å². The van der Waals surface area contributed by atoms with Crippen molar-refractivity contribution in [1.82, 2.24) is 4.90 Å². The summed E-state index contributed by atoms with van der Waals surface area (Å²) in [5.74, 6) is 0.312. The molecule has 140 valence electrons. The summed E-state index contributed by atoms with van der Waals surface area (Å²) in [6, 6.07) is 13.7. The zero-order valence-electron chi connectivity index (χ0n) is 15.0. The Hall–Kier alpha value is -2.34. The highest BCUT2D eigenvalue weighted by Crippen LogP contribution is 2.50. The number of carbonyl (C=O) groups excluding carboxylic acids is 2. The van der Waals surface area contributed by atoms with Crippen LogP contribution < -0.4 is 5.32 Å². The van der Waals surface area contributed by atoms with Crippen molar-refractivity contribution >= 4 is 29.3 Å². The number of thioether (sulfide) groups is 1. The molecule has 1 aliphatic carbocycles. The fourth-order valence-corrected chi connectivity index (χ4v) is 4.70. The summed E-state index contributed by atoms with van der Waals surface area (Å²) in [6.45, 7) is 1.99. The third kappa shape index (κ3) is 3.72. The number of aryl methyl sites for hydroxylation is 1. The lowest BCUT2D eigenvalue weighted by molar-refractivity contribution is -0.137. The molecule has 3 atom stereocenters. The van der Waals surface area contributed by atoms with Crippen LogP contribution >= 0.6 is 11.8 Å². The summed E-state index contributed by atoms with van der Waals surface area (Å²) in [5.41, 5.74) is 2.45. The number of halogens is 1. The van der Waals surface area contributed by atoms with E-state index in [0.29, 0.717) is 23.6 Å². The molecule has 2 fully saturated rings. The fourth-order valence-electron chi connectivity index (χ4n) is 3.54. The summed E-state index contributed by atoms with van der Waals surface area (Å²) in [5, 5.41) is 2.90. The summed E-state index contributed by atoms with van der Waals surface area (Å²) in [6.07, 6.45) is 0.646. The highest BCUT2D eigenvalue weighted by atomic mass is 32.2. The molecule has 2 aromatic rings. The predicted molar refractivity (Wildman–Crippen MR) is 105 cm³/mol. The average Bonchev–Trinajstić information content (AvgIpc) is 3.29. The van der Waals surface area contributed by atoms with Gasteiger partial charge < -0.3 is 10.2 Å². The van der Waals surface area contributed by atoms with E-state index in [0.717, 1.165) is 11.3 Å². The fraction of sp³-hybridized carbons (Fsp3) is 0.333. The van der Waals surface area contributed by atoms with Gasteiger partial charge in [-0.2, -0.15) is 0 Å². The summed E-state index contributed by atoms with van der Waals surface area (Å²) < 4.78 is 14.0. The van der Waals surface area contributed by atoms with Crippen LogP contribution in [0.5, 0.6) is 0 Å². The minimum Gasteiger partial charge on any atom is -0.324 e. The van der Waals surface area contributed by atoms with E-state index in [-0.39, 0.29) is 29.5 Å². The zero-order valence-corrected chi connectivity index (χ0v) is 15.8. The molecule has 0 radical (unpaired) electrons. The highest BCUT2D eigenvalue weighted by Gasteiger charge is 2.49. The van der Waals surface area contributed by atoms with Crippen LogP contribution in [0, 0.1) is 18.7 Å². The molecule has 0 aromatic heterocycles. The maximum Gasteiger partial charge on any atom is 0.248 e. The quantitative estimate of drug-likeness (QED) is 0.873. The number of anilines is 1. The first-order chi connectivity index (χ1) is 13.0. The molecule has 0 bridgehead atoms. The van der Waals surface area contributed by atoms with Gasteiger partial charge in [0, 0.05) is 17.4 Å². The normalized spacial score (nSPS) is 23.9. The first kappa shape index (κ1) is 18.0. The maximum atomic E-state index is 14.0. The summed E-state index contributed by atoms with van der Waals surface area (Å²) in [7, 11) is 0. The van der Waals surface area contributed by atoms with Crippen molar-refractivity contribution < 1.29 is 14.0 Å². The van der Waals surface area contributed by atoms with Gasteiger partial charge in [0.05, 0.1) is 5.88 Å². The number of nitrogens with one attached hydrogen (secondary N) is 1. The molecular weight excluding hydrogens is 363 g/mol. The van der Waals surface area contributed by atoms with Crippen molar-refractivity contribution in [2.75, 3.05) is 16.9 Å². The molecule has 2 amide bonds. The summed E-state index contributed by atoms with van der Waals surface area (Å²) >= 11 is 1.58. The third-order valence-electron chi connectivity index (χ3n) is 5.20. The van der Waals surface area contributed by atoms with E-state index in [1.807, 2.05) is 31.2 Å². The van der Waals surface area contributed by atoms with Crippen molar-refractivity contribution in [3.8, 4) is 0 Å². The van der Waals surface area contributed by atoms with Crippen molar-refractivity contribution in [3.05, 3.63) is 65.5 Å². The van der Waals surface area contributed by atoms with Crippen molar-refractivity contribution in [3.63, 3.8) is 0 Å². The van der Waals surface area contributed by atoms with E-state index in [9.17, 15) is 14.0 Å². The van der Waals surface area contributed by atoms with E-state index < -0.39 is 6.04 Å². The first-order valence-corrected chi connectivity index (χ1v) is 10.2. The SMILES string of the molecule is Cc1ccc(NC(=O)C2CSCN2C(=O)C2CC2c2ccccc2F)cc1. The number of benzene rings is 2. The van der Waals surface area contributed by atoms with Crippen LogP contribution in [-0.4, -0.2) is 34.4 Å². The van der Waals surface area contributed by atoms with Crippen LogP contribution in [0.4, 0.5) is 10.1 Å². The molecule has 4 rings (SSSR count). The molecule has 1 aliphatic heterocycles. The Morgan fingerprint density at radius 3 is 2.63 bits per heavy atom.